The van der Waals surface area contributed by atoms with Gasteiger partial charge in [-0.05, 0) is 43.4 Å². The van der Waals surface area contributed by atoms with Gasteiger partial charge in [-0.3, -0.25) is 4.79 Å². The van der Waals surface area contributed by atoms with E-state index in [1.54, 1.807) is 11.3 Å². The Hall–Kier alpha value is -1.20. The zero-order valence-electron chi connectivity index (χ0n) is 14.3. The number of thiazole rings is 1. The average Bonchev–Trinajstić information content (AvgIpc) is 3.34. The van der Waals surface area contributed by atoms with Crippen LogP contribution in [0.15, 0.2) is 40.3 Å². The number of rotatable bonds is 3. The molecular formula is C20H23BrN2OS. The second-order valence-corrected chi connectivity index (χ2v) is 9.10. The van der Waals surface area contributed by atoms with E-state index in [0.29, 0.717) is 11.8 Å². The third-order valence-electron chi connectivity index (χ3n) is 5.77. The lowest BCUT2D eigenvalue weighted by Crippen LogP contribution is -2.49. The van der Waals surface area contributed by atoms with Gasteiger partial charge in [0.1, 0.15) is 0 Å². The molecule has 25 heavy (non-hydrogen) atoms. The van der Waals surface area contributed by atoms with Crippen molar-refractivity contribution in [3.05, 3.63) is 50.9 Å². The number of carbonyl (C=O) groups is 1. The number of likely N-dealkylation sites (tertiary alicyclic amines) is 1. The maximum absolute atomic E-state index is 13.6. The number of hydrogen-bond donors (Lipinski definition) is 0. The zero-order chi connectivity index (χ0) is 17.3. The minimum absolute atomic E-state index is 0.314. The zero-order valence-corrected chi connectivity index (χ0v) is 16.7. The smallest absolute Gasteiger partial charge is 0.233 e. The molecule has 1 unspecified atom stereocenters. The molecule has 1 atom stereocenters. The summed E-state index contributed by atoms with van der Waals surface area (Å²) in [7, 11) is 0. The number of carbonyl (C=O) groups excluding carboxylic acids is 1. The standard InChI is InChI=1S/C20H23BrN2OS/c21-17-7-5-16(6-8-17)20(9-1-2-10-20)19(24)23-12-3-4-15(14-23)18-22-11-13-25-18/h5-8,11,13,15H,1-4,9-10,12,14H2. The van der Waals surface area contributed by atoms with Gasteiger partial charge >= 0.3 is 0 Å². The van der Waals surface area contributed by atoms with Gasteiger partial charge in [0.15, 0.2) is 0 Å². The molecule has 1 saturated carbocycles. The Labute approximate surface area is 161 Å². The third-order valence-corrected chi connectivity index (χ3v) is 7.24. The Balaban J connectivity index is 1.59. The van der Waals surface area contributed by atoms with E-state index < -0.39 is 0 Å². The normalized spacial score (nSPS) is 22.9. The van der Waals surface area contributed by atoms with Crippen molar-refractivity contribution in [2.75, 3.05) is 13.1 Å². The van der Waals surface area contributed by atoms with Crippen molar-refractivity contribution >= 4 is 33.2 Å². The minimum Gasteiger partial charge on any atom is -0.341 e. The van der Waals surface area contributed by atoms with E-state index >= 15 is 0 Å². The molecule has 2 fully saturated rings. The van der Waals surface area contributed by atoms with Crippen LogP contribution in [0.3, 0.4) is 0 Å². The fourth-order valence-electron chi connectivity index (χ4n) is 4.48. The number of amides is 1. The van der Waals surface area contributed by atoms with Gasteiger partial charge in [-0.1, -0.05) is 40.9 Å². The lowest BCUT2D eigenvalue weighted by atomic mass is 9.77. The number of halogens is 1. The molecule has 0 spiro atoms. The van der Waals surface area contributed by atoms with E-state index in [9.17, 15) is 4.79 Å². The number of hydrogen-bond acceptors (Lipinski definition) is 3. The molecule has 1 aromatic carbocycles. The molecule has 132 valence electrons. The van der Waals surface area contributed by atoms with Crippen molar-refractivity contribution < 1.29 is 4.79 Å². The highest BCUT2D eigenvalue weighted by molar-refractivity contribution is 9.10. The van der Waals surface area contributed by atoms with Gasteiger partial charge in [0.05, 0.1) is 10.4 Å². The van der Waals surface area contributed by atoms with Crippen molar-refractivity contribution in [1.29, 1.82) is 0 Å². The fraction of sp³-hybridized carbons (Fsp3) is 0.500. The molecule has 4 rings (SSSR count). The summed E-state index contributed by atoms with van der Waals surface area (Å²) >= 11 is 5.23. The lowest BCUT2D eigenvalue weighted by Gasteiger charge is -2.39. The van der Waals surface area contributed by atoms with E-state index in [0.717, 1.165) is 56.1 Å². The van der Waals surface area contributed by atoms with Gasteiger partial charge < -0.3 is 4.90 Å². The van der Waals surface area contributed by atoms with Gasteiger partial charge in [0.2, 0.25) is 5.91 Å². The van der Waals surface area contributed by atoms with Crippen LogP contribution in [0, 0.1) is 0 Å². The van der Waals surface area contributed by atoms with Crippen LogP contribution < -0.4 is 0 Å². The molecule has 1 aliphatic carbocycles. The summed E-state index contributed by atoms with van der Waals surface area (Å²) in [6.07, 6.45) is 8.34. The van der Waals surface area contributed by atoms with Crippen molar-refractivity contribution in [3.8, 4) is 0 Å². The maximum atomic E-state index is 13.6. The monoisotopic (exact) mass is 418 g/mol. The molecule has 0 radical (unpaired) electrons. The van der Waals surface area contributed by atoms with Crippen LogP contribution in [-0.4, -0.2) is 28.9 Å². The number of aromatic nitrogens is 1. The molecule has 2 heterocycles. The van der Waals surface area contributed by atoms with Crippen molar-refractivity contribution in [2.45, 2.75) is 49.9 Å². The first kappa shape index (κ1) is 17.2. The Bertz CT molecular complexity index is 723. The Morgan fingerprint density at radius 2 is 1.96 bits per heavy atom. The van der Waals surface area contributed by atoms with E-state index in [1.807, 2.05) is 11.6 Å². The SMILES string of the molecule is O=C(N1CCCC(c2nccs2)C1)C1(c2ccc(Br)cc2)CCCC1. The average molecular weight is 419 g/mol. The lowest BCUT2D eigenvalue weighted by molar-refractivity contribution is -0.138. The predicted octanol–water partition coefficient (Wildman–Crippen LogP) is 5.12. The molecule has 1 aromatic heterocycles. The summed E-state index contributed by atoms with van der Waals surface area (Å²) in [4.78, 5) is 20.2. The van der Waals surface area contributed by atoms with Crippen LogP contribution in [0.5, 0.6) is 0 Å². The van der Waals surface area contributed by atoms with Gasteiger partial charge in [0.25, 0.3) is 0 Å². The molecule has 2 aliphatic rings. The van der Waals surface area contributed by atoms with E-state index in [-0.39, 0.29) is 5.41 Å². The highest BCUT2D eigenvalue weighted by atomic mass is 79.9. The first-order chi connectivity index (χ1) is 12.2. The van der Waals surface area contributed by atoms with E-state index in [2.05, 4.69) is 50.1 Å². The Morgan fingerprint density at radius 3 is 2.64 bits per heavy atom. The molecule has 2 aromatic rings. The maximum Gasteiger partial charge on any atom is 0.233 e. The van der Waals surface area contributed by atoms with Crippen LogP contribution >= 0.6 is 27.3 Å². The Morgan fingerprint density at radius 1 is 1.20 bits per heavy atom. The molecule has 5 heteroatoms. The van der Waals surface area contributed by atoms with Crippen LogP contribution in [-0.2, 0) is 10.2 Å². The highest BCUT2D eigenvalue weighted by Crippen LogP contribution is 2.44. The van der Waals surface area contributed by atoms with Crippen LogP contribution in [0.2, 0.25) is 0 Å². The van der Waals surface area contributed by atoms with E-state index in [4.69, 9.17) is 0 Å². The van der Waals surface area contributed by atoms with Gasteiger partial charge in [-0.2, -0.15) is 0 Å². The summed E-state index contributed by atoms with van der Waals surface area (Å²) in [5, 5.41) is 3.22. The van der Waals surface area contributed by atoms with Crippen molar-refractivity contribution in [3.63, 3.8) is 0 Å². The van der Waals surface area contributed by atoms with Crippen molar-refractivity contribution in [2.24, 2.45) is 0 Å². The molecule has 3 nitrogen and oxygen atoms in total. The molecule has 0 bridgehead atoms. The highest BCUT2D eigenvalue weighted by Gasteiger charge is 2.45. The topological polar surface area (TPSA) is 33.2 Å². The summed E-state index contributed by atoms with van der Waals surface area (Å²) in [6.45, 7) is 1.71. The number of benzene rings is 1. The van der Waals surface area contributed by atoms with Gasteiger partial charge in [-0.15, -0.1) is 11.3 Å². The summed E-state index contributed by atoms with van der Waals surface area (Å²) in [6, 6.07) is 8.40. The molecule has 1 saturated heterocycles. The largest absolute Gasteiger partial charge is 0.341 e. The summed E-state index contributed by atoms with van der Waals surface area (Å²) < 4.78 is 1.07. The van der Waals surface area contributed by atoms with E-state index in [1.165, 1.54) is 10.6 Å². The van der Waals surface area contributed by atoms with Gasteiger partial charge in [0, 0.05) is 35.1 Å². The second-order valence-electron chi connectivity index (χ2n) is 7.26. The van der Waals surface area contributed by atoms with Crippen molar-refractivity contribution in [1.82, 2.24) is 9.88 Å². The number of piperidine rings is 1. The fourth-order valence-corrected chi connectivity index (χ4v) is 5.51. The van der Waals surface area contributed by atoms with Crippen LogP contribution in [0.1, 0.15) is 55.0 Å². The molecule has 1 aliphatic heterocycles. The first-order valence-electron chi connectivity index (χ1n) is 9.14. The quantitative estimate of drug-likeness (QED) is 0.692. The minimum atomic E-state index is -0.314. The second kappa shape index (κ2) is 7.20. The molecule has 1 amide bonds. The molecule has 0 N–H and O–H groups in total. The predicted molar refractivity (Wildman–Crippen MR) is 105 cm³/mol. The van der Waals surface area contributed by atoms with Crippen LogP contribution in [0.4, 0.5) is 0 Å². The summed E-state index contributed by atoms with van der Waals surface area (Å²) in [5.41, 5.74) is 0.875. The van der Waals surface area contributed by atoms with Gasteiger partial charge in [-0.25, -0.2) is 4.98 Å². The third kappa shape index (κ3) is 3.28. The first-order valence-corrected chi connectivity index (χ1v) is 10.8. The Kier molecular flexibility index (Phi) is 4.96. The molecular weight excluding hydrogens is 396 g/mol. The number of nitrogens with zero attached hydrogens (tertiary/aromatic N) is 2. The van der Waals surface area contributed by atoms with Crippen LogP contribution in [0.25, 0.3) is 0 Å². The summed E-state index contributed by atoms with van der Waals surface area (Å²) in [5.74, 6) is 0.745.